The molecule has 0 radical (unpaired) electrons. The lowest BCUT2D eigenvalue weighted by Gasteiger charge is -2.30. The molecule has 5 N–H and O–H groups in total. The van der Waals surface area contributed by atoms with Gasteiger partial charge in [-0.05, 0) is 30.7 Å². The van der Waals surface area contributed by atoms with Crippen LogP contribution in [0, 0.1) is 22.0 Å². The van der Waals surface area contributed by atoms with E-state index in [9.17, 15) is 15.2 Å². The number of anilines is 2. The highest BCUT2D eigenvalue weighted by atomic mass is 16.6. The molecule has 2 rings (SSSR count). The van der Waals surface area contributed by atoms with Gasteiger partial charge in [0.1, 0.15) is 5.82 Å². The molecule has 0 aromatic carbocycles. The molecule has 1 fully saturated rings. The van der Waals surface area contributed by atoms with Crippen LogP contribution in [0.1, 0.15) is 25.7 Å². The number of aliphatic hydroxyl groups excluding tert-OH is 1. The van der Waals surface area contributed by atoms with Crippen molar-refractivity contribution in [2.75, 3.05) is 23.9 Å². The van der Waals surface area contributed by atoms with Gasteiger partial charge in [-0.1, -0.05) is 12.8 Å². The summed E-state index contributed by atoms with van der Waals surface area (Å²) < 4.78 is 0. The molecular formula is C13H21N5O3. The summed E-state index contributed by atoms with van der Waals surface area (Å²) in [6.45, 7) is 0.722. The third kappa shape index (κ3) is 3.79. The molecule has 8 heteroatoms. The van der Waals surface area contributed by atoms with E-state index in [4.69, 9.17) is 5.84 Å². The highest BCUT2D eigenvalue weighted by Gasteiger charge is 2.25. The third-order valence-corrected chi connectivity index (χ3v) is 4.05. The summed E-state index contributed by atoms with van der Waals surface area (Å²) in [5.74, 6) is 6.41. The van der Waals surface area contributed by atoms with Gasteiger partial charge in [0.2, 0.25) is 5.82 Å². The second kappa shape index (κ2) is 7.19. The first-order chi connectivity index (χ1) is 10.2. The number of hydrogen-bond donors (Lipinski definition) is 4. The van der Waals surface area contributed by atoms with Crippen molar-refractivity contribution in [1.82, 2.24) is 4.98 Å². The normalized spacial score (nSPS) is 21.8. The zero-order chi connectivity index (χ0) is 15.2. The summed E-state index contributed by atoms with van der Waals surface area (Å²) in [6, 6.07) is 2.83. The van der Waals surface area contributed by atoms with Crippen LogP contribution < -0.4 is 16.6 Å². The quantitative estimate of drug-likeness (QED) is 0.356. The van der Waals surface area contributed by atoms with Crippen LogP contribution >= 0.6 is 0 Å². The zero-order valence-electron chi connectivity index (χ0n) is 11.8. The Kier molecular flexibility index (Phi) is 5.29. The number of nitrogens with two attached hydrogens (primary N) is 1. The van der Waals surface area contributed by atoms with Gasteiger partial charge in [-0.2, -0.15) is 0 Å². The van der Waals surface area contributed by atoms with Crippen LogP contribution in [0.3, 0.4) is 0 Å². The third-order valence-electron chi connectivity index (χ3n) is 4.05. The van der Waals surface area contributed by atoms with Crippen molar-refractivity contribution in [2.24, 2.45) is 17.7 Å². The van der Waals surface area contributed by atoms with E-state index < -0.39 is 4.92 Å². The zero-order valence-corrected chi connectivity index (χ0v) is 11.8. The molecule has 0 aliphatic heterocycles. The molecule has 1 saturated carbocycles. The Morgan fingerprint density at radius 2 is 2.10 bits per heavy atom. The molecule has 0 bridgehead atoms. The highest BCUT2D eigenvalue weighted by Crippen LogP contribution is 2.31. The predicted molar refractivity (Wildman–Crippen MR) is 79.7 cm³/mol. The van der Waals surface area contributed by atoms with E-state index in [1.165, 1.54) is 12.1 Å². The highest BCUT2D eigenvalue weighted by molar-refractivity contribution is 5.59. The van der Waals surface area contributed by atoms with E-state index in [2.05, 4.69) is 15.7 Å². The maximum atomic E-state index is 11.0. The molecule has 2 atom stereocenters. The van der Waals surface area contributed by atoms with E-state index in [0.717, 1.165) is 25.7 Å². The molecule has 0 spiro atoms. The van der Waals surface area contributed by atoms with Gasteiger partial charge < -0.3 is 15.8 Å². The van der Waals surface area contributed by atoms with Crippen molar-refractivity contribution in [1.29, 1.82) is 0 Å². The lowest BCUT2D eigenvalue weighted by molar-refractivity contribution is -0.384. The van der Waals surface area contributed by atoms with E-state index in [-0.39, 0.29) is 24.0 Å². The Hall–Kier alpha value is -1.93. The summed E-state index contributed by atoms with van der Waals surface area (Å²) >= 11 is 0. The molecule has 1 aromatic heterocycles. The van der Waals surface area contributed by atoms with Gasteiger partial charge in [0.25, 0.3) is 0 Å². The van der Waals surface area contributed by atoms with Gasteiger partial charge in [0, 0.05) is 19.2 Å². The molecule has 0 saturated heterocycles. The van der Waals surface area contributed by atoms with Gasteiger partial charge in [-0.25, -0.2) is 10.8 Å². The van der Waals surface area contributed by atoms with E-state index >= 15 is 0 Å². The predicted octanol–water partition coefficient (Wildman–Crippen LogP) is 1.49. The molecule has 1 aliphatic rings. The standard InChI is InChI=1S/C13H21N5O3/c14-17-12-6-5-11(18(20)21)13(16-12)15-7-9-3-1-2-4-10(9)8-19/h5-6,9-10,19H,1-4,7-8,14H2,(H2,15,16,17). The molecule has 8 nitrogen and oxygen atoms in total. The van der Waals surface area contributed by atoms with E-state index in [0.29, 0.717) is 18.3 Å². The first kappa shape index (κ1) is 15.5. The minimum Gasteiger partial charge on any atom is -0.396 e. The first-order valence-corrected chi connectivity index (χ1v) is 7.12. The van der Waals surface area contributed by atoms with Crippen LogP contribution in [-0.2, 0) is 0 Å². The summed E-state index contributed by atoms with van der Waals surface area (Å²) in [5.41, 5.74) is 2.30. The van der Waals surface area contributed by atoms with Gasteiger partial charge in [-0.3, -0.25) is 10.1 Å². The molecule has 2 unspecified atom stereocenters. The fraction of sp³-hybridized carbons (Fsp3) is 0.615. The minimum atomic E-state index is -0.472. The monoisotopic (exact) mass is 295 g/mol. The molecule has 1 heterocycles. The summed E-state index contributed by atoms with van der Waals surface area (Å²) in [6.07, 6.45) is 4.28. The number of nitrogens with one attached hydrogen (secondary N) is 2. The molecular weight excluding hydrogens is 274 g/mol. The van der Waals surface area contributed by atoms with Crippen LogP contribution in [0.2, 0.25) is 0 Å². The number of nitrogens with zero attached hydrogens (tertiary/aromatic N) is 2. The fourth-order valence-electron chi connectivity index (χ4n) is 2.83. The average Bonchev–Trinajstić information content (AvgIpc) is 2.52. The van der Waals surface area contributed by atoms with Crippen molar-refractivity contribution in [2.45, 2.75) is 25.7 Å². The number of nitrogen functional groups attached to an aromatic ring is 1. The van der Waals surface area contributed by atoms with Crippen molar-refractivity contribution < 1.29 is 10.0 Å². The first-order valence-electron chi connectivity index (χ1n) is 7.12. The molecule has 21 heavy (non-hydrogen) atoms. The Bertz CT molecular complexity index is 497. The Balaban J connectivity index is 2.09. The molecule has 0 amide bonds. The van der Waals surface area contributed by atoms with Gasteiger partial charge in [-0.15, -0.1) is 0 Å². The number of hydrogen-bond acceptors (Lipinski definition) is 7. The van der Waals surface area contributed by atoms with Crippen LogP contribution in [0.15, 0.2) is 12.1 Å². The van der Waals surface area contributed by atoms with Crippen LogP contribution in [-0.4, -0.2) is 28.2 Å². The number of hydrazine groups is 1. The molecule has 1 aromatic rings. The number of nitro groups is 1. The van der Waals surface area contributed by atoms with Crippen molar-refractivity contribution >= 4 is 17.3 Å². The average molecular weight is 295 g/mol. The SMILES string of the molecule is NNc1ccc([N+](=O)[O-])c(NCC2CCCCC2CO)n1. The number of aliphatic hydroxyl groups is 1. The molecule has 116 valence electrons. The maximum absolute atomic E-state index is 11.0. The largest absolute Gasteiger partial charge is 0.396 e. The number of aromatic nitrogens is 1. The topological polar surface area (TPSA) is 126 Å². The Morgan fingerprint density at radius 3 is 2.71 bits per heavy atom. The lowest BCUT2D eigenvalue weighted by Crippen LogP contribution is -2.29. The van der Waals surface area contributed by atoms with Crippen molar-refractivity contribution in [3.63, 3.8) is 0 Å². The minimum absolute atomic E-state index is 0.0784. The van der Waals surface area contributed by atoms with Crippen molar-refractivity contribution in [3.05, 3.63) is 22.2 Å². The van der Waals surface area contributed by atoms with E-state index in [1.807, 2.05) is 0 Å². The van der Waals surface area contributed by atoms with Crippen LogP contribution in [0.4, 0.5) is 17.3 Å². The lowest BCUT2D eigenvalue weighted by atomic mass is 9.79. The van der Waals surface area contributed by atoms with Gasteiger partial charge >= 0.3 is 5.69 Å². The Morgan fingerprint density at radius 1 is 1.38 bits per heavy atom. The fourth-order valence-corrected chi connectivity index (χ4v) is 2.83. The molecule has 1 aliphatic carbocycles. The smallest absolute Gasteiger partial charge is 0.311 e. The summed E-state index contributed by atoms with van der Waals surface area (Å²) in [5, 5.41) is 23.5. The van der Waals surface area contributed by atoms with Crippen LogP contribution in [0.25, 0.3) is 0 Å². The maximum Gasteiger partial charge on any atom is 0.311 e. The number of rotatable bonds is 6. The summed E-state index contributed by atoms with van der Waals surface area (Å²) in [7, 11) is 0. The van der Waals surface area contributed by atoms with Gasteiger partial charge in [0.05, 0.1) is 4.92 Å². The second-order valence-corrected chi connectivity index (χ2v) is 5.33. The Labute approximate surface area is 122 Å². The van der Waals surface area contributed by atoms with E-state index in [1.54, 1.807) is 0 Å². The van der Waals surface area contributed by atoms with Crippen molar-refractivity contribution in [3.8, 4) is 0 Å². The number of pyridine rings is 1. The van der Waals surface area contributed by atoms with Gasteiger partial charge in [0.15, 0.2) is 0 Å². The second-order valence-electron chi connectivity index (χ2n) is 5.33. The summed E-state index contributed by atoms with van der Waals surface area (Å²) in [4.78, 5) is 14.7. The van der Waals surface area contributed by atoms with Crippen LogP contribution in [0.5, 0.6) is 0 Å².